The minimum absolute atomic E-state index is 0.112. The number of amides is 2. The van der Waals surface area contributed by atoms with Gasteiger partial charge in [-0.05, 0) is 35.4 Å². The number of hydrogen-bond acceptors (Lipinski definition) is 6. The van der Waals surface area contributed by atoms with Crippen molar-refractivity contribution in [1.82, 2.24) is 29.1 Å². The van der Waals surface area contributed by atoms with Crippen LogP contribution in [0.2, 0.25) is 0 Å². The average Bonchev–Trinajstić information content (AvgIpc) is 3.26. The van der Waals surface area contributed by atoms with Gasteiger partial charge >= 0.3 is 6.36 Å². The molecule has 2 aliphatic rings. The topological polar surface area (TPSA) is 97.5 Å². The molecule has 2 fully saturated rings. The van der Waals surface area contributed by atoms with Crippen molar-refractivity contribution in [3.05, 3.63) is 60.3 Å². The molecule has 2 atom stereocenters. The second kappa shape index (κ2) is 10.1. The number of likely N-dealkylation sites (tertiary alicyclic amines) is 1. The lowest BCUT2D eigenvalue weighted by Crippen LogP contribution is -2.37. The van der Waals surface area contributed by atoms with Gasteiger partial charge in [-0.2, -0.15) is 5.10 Å². The number of piperidine rings is 1. The Kier molecular flexibility index (Phi) is 6.86. The van der Waals surface area contributed by atoms with Gasteiger partial charge < -0.3 is 19.5 Å². The molecular formula is C25H28F3N7O3. The number of carbonyl (C=O) groups excluding carboxylic acids is 2. The normalized spacial score (nSPS) is 20.7. The van der Waals surface area contributed by atoms with Gasteiger partial charge in [-0.15, -0.1) is 13.2 Å². The molecular weight excluding hydrogens is 503 g/mol. The third-order valence-corrected chi connectivity index (χ3v) is 7.05. The SMILES string of the molecule is Cn1cnc(C(=O)N(Cc2cccc(OC(F)(F)F)c2)CC2C3CN(CC(=O)Nc4ccnn4C)CC32)c1. The summed E-state index contributed by atoms with van der Waals surface area (Å²) in [5.74, 6) is 0.837. The predicted octanol–water partition coefficient (Wildman–Crippen LogP) is 2.51. The largest absolute Gasteiger partial charge is 0.573 e. The van der Waals surface area contributed by atoms with Gasteiger partial charge in [0.15, 0.2) is 0 Å². The fourth-order valence-corrected chi connectivity index (χ4v) is 5.24. The number of hydrogen-bond donors (Lipinski definition) is 1. The maximum Gasteiger partial charge on any atom is 0.573 e. The summed E-state index contributed by atoms with van der Waals surface area (Å²) in [5.41, 5.74) is 0.796. The van der Waals surface area contributed by atoms with Crippen LogP contribution in [0.15, 0.2) is 49.1 Å². The molecule has 5 rings (SSSR count). The van der Waals surface area contributed by atoms with E-state index in [0.29, 0.717) is 29.8 Å². The van der Waals surface area contributed by atoms with Crippen molar-refractivity contribution in [1.29, 1.82) is 0 Å². The molecule has 1 aromatic carbocycles. The average molecular weight is 532 g/mol. The number of ether oxygens (including phenoxy) is 1. The highest BCUT2D eigenvalue weighted by Crippen LogP contribution is 2.52. The lowest BCUT2D eigenvalue weighted by molar-refractivity contribution is -0.274. The van der Waals surface area contributed by atoms with E-state index in [1.165, 1.54) is 24.5 Å². The van der Waals surface area contributed by atoms with Crippen LogP contribution in [-0.2, 0) is 25.4 Å². The third-order valence-electron chi connectivity index (χ3n) is 7.05. The summed E-state index contributed by atoms with van der Waals surface area (Å²) < 4.78 is 45.4. The minimum Gasteiger partial charge on any atom is -0.406 e. The van der Waals surface area contributed by atoms with Crippen molar-refractivity contribution in [2.45, 2.75) is 12.9 Å². The van der Waals surface area contributed by atoms with E-state index in [0.717, 1.165) is 13.1 Å². The summed E-state index contributed by atoms with van der Waals surface area (Å²) >= 11 is 0. The monoisotopic (exact) mass is 531 g/mol. The Morgan fingerprint density at radius 3 is 2.58 bits per heavy atom. The van der Waals surface area contributed by atoms with Crippen molar-refractivity contribution in [2.75, 3.05) is 31.5 Å². The van der Waals surface area contributed by atoms with Gasteiger partial charge in [-0.3, -0.25) is 19.2 Å². The fourth-order valence-electron chi connectivity index (χ4n) is 5.24. The number of nitrogens with zero attached hydrogens (tertiary/aromatic N) is 6. The predicted molar refractivity (Wildman–Crippen MR) is 130 cm³/mol. The zero-order valence-corrected chi connectivity index (χ0v) is 20.9. The summed E-state index contributed by atoms with van der Waals surface area (Å²) in [5, 5.41) is 6.89. The molecule has 0 spiro atoms. The summed E-state index contributed by atoms with van der Waals surface area (Å²) in [7, 11) is 3.51. The smallest absolute Gasteiger partial charge is 0.406 e. The molecule has 0 radical (unpaired) electrons. The molecule has 38 heavy (non-hydrogen) atoms. The first-order valence-electron chi connectivity index (χ1n) is 12.2. The highest BCUT2D eigenvalue weighted by molar-refractivity contribution is 5.92. The van der Waals surface area contributed by atoms with Crippen molar-refractivity contribution >= 4 is 17.6 Å². The Hall–Kier alpha value is -3.87. The van der Waals surface area contributed by atoms with Crippen LogP contribution in [0.3, 0.4) is 0 Å². The Morgan fingerprint density at radius 1 is 1.18 bits per heavy atom. The number of rotatable bonds is 9. The molecule has 1 saturated heterocycles. The quantitative estimate of drug-likeness (QED) is 0.456. The van der Waals surface area contributed by atoms with Gasteiger partial charge in [0, 0.05) is 52.5 Å². The second-order valence-corrected chi connectivity index (χ2v) is 9.88. The third kappa shape index (κ3) is 5.98. The first-order valence-corrected chi connectivity index (χ1v) is 12.2. The summed E-state index contributed by atoms with van der Waals surface area (Å²) in [6, 6.07) is 7.39. The van der Waals surface area contributed by atoms with Crippen LogP contribution in [0, 0.1) is 17.8 Å². The zero-order chi connectivity index (χ0) is 27.0. The molecule has 1 saturated carbocycles. The molecule has 2 amide bonds. The number of halogens is 3. The number of aryl methyl sites for hydroxylation is 2. The van der Waals surface area contributed by atoms with Gasteiger partial charge in [-0.1, -0.05) is 12.1 Å². The van der Waals surface area contributed by atoms with Gasteiger partial charge in [0.2, 0.25) is 5.91 Å². The summed E-state index contributed by atoms with van der Waals surface area (Å²) in [4.78, 5) is 33.6. The Bertz CT molecular complexity index is 1310. The first-order chi connectivity index (χ1) is 18.1. The lowest BCUT2D eigenvalue weighted by atomic mass is 10.1. The Morgan fingerprint density at radius 2 is 1.95 bits per heavy atom. The van der Waals surface area contributed by atoms with Gasteiger partial charge in [0.1, 0.15) is 17.3 Å². The van der Waals surface area contributed by atoms with E-state index >= 15 is 0 Å². The van der Waals surface area contributed by atoms with Crippen LogP contribution >= 0.6 is 0 Å². The van der Waals surface area contributed by atoms with Gasteiger partial charge in [0.05, 0.1) is 19.1 Å². The molecule has 2 unspecified atom stereocenters. The highest BCUT2D eigenvalue weighted by Gasteiger charge is 2.56. The number of alkyl halides is 3. The number of anilines is 1. The second-order valence-electron chi connectivity index (χ2n) is 9.88. The molecule has 13 heteroatoms. The van der Waals surface area contributed by atoms with E-state index in [1.54, 1.807) is 52.8 Å². The molecule has 1 N–H and O–H groups in total. The van der Waals surface area contributed by atoms with Gasteiger partial charge in [-0.25, -0.2) is 4.98 Å². The maximum absolute atomic E-state index is 13.3. The van der Waals surface area contributed by atoms with Gasteiger partial charge in [0.25, 0.3) is 5.91 Å². The molecule has 0 bridgehead atoms. The highest BCUT2D eigenvalue weighted by atomic mass is 19.4. The molecule has 2 aromatic heterocycles. The zero-order valence-electron chi connectivity index (χ0n) is 20.9. The van der Waals surface area contributed by atoms with Crippen LogP contribution in [0.25, 0.3) is 0 Å². The Labute approximate surface area is 217 Å². The fraction of sp³-hybridized carbons (Fsp3) is 0.440. The molecule has 202 valence electrons. The molecule has 3 aromatic rings. The van der Waals surface area contributed by atoms with E-state index in [2.05, 4.69) is 25.0 Å². The van der Waals surface area contributed by atoms with E-state index in [4.69, 9.17) is 0 Å². The molecule has 3 heterocycles. The number of fused-ring (bicyclic) bond motifs is 1. The summed E-state index contributed by atoms with van der Waals surface area (Å²) in [6.45, 7) is 2.33. The number of aromatic nitrogens is 4. The summed E-state index contributed by atoms with van der Waals surface area (Å²) in [6.07, 6.45) is -0.0325. The number of nitrogens with one attached hydrogen (secondary N) is 1. The van der Waals surface area contributed by atoms with E-state index in [1.807, 2.05) is 0 Å². The van der Waals surface area contributed by atoms with E-state index in [-0.39, 0.29) is 42.3 Å². The van der Waals surface area contributed by atoms with Crippen molar-refractivity contribution in [2.24, 2.45) is 31.8 Å². The van der Waals surface area contributed by atoms with E-state index in [9.17, 15) is 22.8 Å². The molecule has 10 nitrogen and oxygen atoms in total. The number of benzene rings is 1. The maximum atomic E-state index is 13.3. The van der Waals surface area contributed by atoms with Crippen LogP contribution in [0.5, 0.6) is 5.75 Å². The molecule has 1 aliphatic heterocycles. The van der Waals surface area contributed by atoms with Crippen molar-refractivity contribution < 1.29 is 27.5 Å². The lowest BCUT2D eigenvalue weighted by Gasteiger charge is -2.25. The minimum atomic E-state index is -4.80. The van der Waals surface area contributed by atoms with Crippen LogP contribution in [0.4, 0.5) is 19.0 Å². The van der Waals surface area contributed by atoms with Crippen molar-refractivity contribution in [3.8, 4) is 5.75 Å². The van der Waals surface area contributed by atoms with Crippen LogP contribution < -0.4 is 10.1 Å². The first kappa shape index (κ1) is 25.8. The standard InChI is InChI=1S/C25H28F3N7O3/c1-32-13-21(29-15-32)24(37)35(9-16-4-3-5-17(8-16)38-25(26,27)28)12-20-18-10-34(11-19(18)20)14-23(36)31-22-6-7-30-33(22)2/h3-8,13,15,18-20H,9-12,14H2,1-2H3,(H,31,36). The number of imidazole rings is 1. The van der Waals surface area contributed by atoms with Crippen LogP contribution in [-0.4, -0.2) is 73.5 Å². The van der Waals surface area contributed by atoms with E-state index < -0.39 is 6.36 Å². The van der Waals surface area contributed by atoms with Crippen molar-refractivity contribution in [3.63, 3.8) is 0 Å². The molecule has 1 aliphatic carbocycles. The Balaban J connectivity index is 1.21. The number of carbonyl (C=O) groups is 2. The van der Waals surface area contributed by atoms with Crippen LogP contribution in [0.1, 0.15) is 16.1 Å².